The van der Waals surface area contributed by atoms with Gasteiger partial charge in [0.1, 0.15) is 0 Å². The molecule has 0 aliphatic heterocycles. The Kier molecular flexibility index (Phi) is 3.46. The molecular formula is C9H18N2O. The first-order valence-electron chi connectivity index (χ1n) is 4.05. The highest BCUT2D eigenvalue weighted by molar-refractivity contribution is 5.91. The third-order valence-electron chi connectivity index (χ3n) is 2.16. The summed E-state index contributed by atoms with van der Waals surface area (Å²) in [5.41, 5.74) is 11.1. The average molecular weight is 170 g/mol. The van der Waals surface area contributed by atoms with Gasteiger partial charge in [-0.1, -0.05) is 19.9 Å². The van der Waals surface area contributed by atoms with Gasteiger partial charge in [-0.15, -0.1) is 0 Å². The number of carbonyl (C=O) groups is 1. The minimum atomic E-state index is -0.459. The van der Waals surface area contributed by atoms with Crippen LogP contribution in [0.2, 0.25) is 0 Å². The van der Waals surface area contributed by atoms with Crippen LogP contribution in [0.5, 0.6) is 0 Å². The molecule has 4 N–H and O–H groups in total. The maximum Gasteiger partial charge on any atom is 0.244 e. The van der Waals surface area contributed by atoms with Crippen molar-refractivity contribution in [1.29, 1.82) is 0 Å². The van der Waals surface area contributed by atoms with Crippen molar-refractivity contribution in [3.05, 3.63) is 11.6 Å². The van der Waals surface area contributed by atoms with E-state index in [2.05, 4.69) is 0 Å². The lowest BCUT2D eigenvalue weighted by Gasteiger charge is -2.25. The van der Waals surface area contributed by atoms with Crippen molar-refractivity contribution in [2.75, 3.05) is 0 Å². The van der Waals surface area contributed by atoms with Gasteiger partial charge in [0, 0.05) is 11.1 Å². The predicted octanol–water partition coefficient (Wildman–Crippen LogP) is 0.791. The number of nitrogens with two attached hydrogens (primary N) is 2. The van der Waals surface area contributed by atoms with Crippen LogP contribution < -0.4 is 11.5 Å². The molecule has 0 aliphatic carbocycles. The van der Waals surface area contributed by atoms with E-state index in [9.17, 15) is 4.79 Å². The molecule has 0 aromatic carbocycles. The summed E-state index contributed by atoms with van der Waals surface area (Å²) in [6, 6.07) is 0. The van der Waals surface area contributed by atoms with Crippen LogP contribution in [0, 0.1) is 5.92 Å². The van der Waals surface area contributed by atoms with E-state index in [-0.39, 0.29) is 5.92 Å². The summed E-state index contributed by atoms with van der Waals surface area (Å²) in [7, 11) is 0. The highest BCUT2D eigenvalue weighted by Crippen LogP contribution is 2.16. The first-order valence-corrected chi connectivity index (χ1v) is 4.05. The second kappa shape index (κ2) is 3.72. The van der Waals surface area contributed by atoms with Gasteiger partial charge in [-0.25, -0.2) is 0 Å². The van der Waals surface area contributed by atoms with Crippen LogP contribution in [0.25, 0.3) is 0 Å². The molecule has 70 valence electrons. The van der Waals surface area contributed by atoms with Crippen LogP contribution in [0.4, 0.5) is 0 Å². The summed E-state index contributed by atoms with van der Waals surface area (Å²) in [4.78, 5) is 10.7. The van der Waals surface area contributed by atoms with E-state index in [1.54, 1.807) is 13.0 Å². The Balaban J connectivity index is 4.61. The lowest BCUT2D eigenvalue weighted by Crippen LogP contribution is -2.40. The third kappa shape index (κ3) is 3.05. The molecule has 0 bridgehead atoms. The SMILES string of the molecule is CC(=CC(C)(N)C(C)C)C(N)=O. The van der Waals surface area contributed by atoms with Crippen molar-refractivity contribution in [3.8, 4) is 0 Å². The first-order chi connectivity index (χ1) is 5.27. The molecule has 3 heteroatoms. The molecule has 0 saturated heterocycles. The van der Waals surface area contributed by atoms with Crippen molar-refractivity contribution in [3.63, 3.8) is 0 Å². The summed E-state index contributed by atoms with van der Waals surface area (Å²) < 4.78 is 0. The molecule has 0 heterocycles. The molecular weight excluding hydrogens is 152 g/mol. The second-order valence-corrected chi connectivity index (χ2v) is 3.71. The van der Waals surface area contributed by atoms with Gasteiger partial charge in [0.15, 0.2) is 0 Å². The molecule has 0 rings (SSSR count). The largest absolute Gasteiger partial charge is 0.366 e. The summed E-state index contributed by atoms with van der Waals surface area (Å²) in [5.74, 6) is -0.126. The van der Waals surface area contributed by atoms with Gasteiger partial charge in [0.25, 0.3) is 0 Å². The third-order valence-corrected chi connectivity index (χ3v) is 2.16. The quantitative estimate of drug-likeness (QED) is 0.615. The average Bonchev–Trinajstić information content (AvgIpc) is 1.85. The fourth-order valence-corrected chi connectivity index (χ4v) is 0.704. The maximum atomic E-state index is 10.7. The highest BCUT2D eigenvalue weighted by Gasteiger charge is 2.20. The van der Waals surface area contributed by atoms with E-state index < -0.39 is 11.4 Å². The van der Waals surface area contributed by atoms with Crippen LogP contribution in [0.1, 0.15) is 27.7 Å². The van der Waals surface area contributed by atoms with Gasteiger partial charge in [-0.05, 0) is 19.8 Å². The number of rotatable bonds is 3. The fourth-order valence-electron chi connectivity index (χ4n) is 0.704. The van der Waals surface area contributed by atoms with Crippen molar-refractivity contribution in [2.45, 2.75) is 33.2 Å². The van der Waals surface area contributed by atoms with Gasteiger partial charge < -0.3 is 11.5 Å². The van der Waals surface area contributed by atoms with Gasteiger partial charge in [0.05, 0.1) is 0 Å². The normalized spacial score (nSPS) is 17.7. The van der Waals surface area contributed by atoms with Gasteiger partial charge in [0.2, 0.25) is 5.91 Å². The Bertz CT molecular complexity index is 205. The highest BCUT2D eigenvalue weighted by atomic mass is 16.1. The van der Waals surface area contributed by atoms with E-state index in [0.29, 0.717) is 5.57 Å². The number of primary amides is 1. The Morgan fingerprint density at radius 3 is 2.17 bits per heavy atom. The summed E-state index contributed by atoms with van der Waals surface area (Å²) in [6.07, 6.45) is 1.72. The van der Waals surface area contributed by atoms with Crippen LogP contribution in [-0.2, 0) is 4.79 Å². The molecule has 0 spiro atoms. The van der Waals surface area contributed by atoms with Crippen LogP contribution >= 0.6 is 0 Å². The minimum Gasteiger partial charge on any atom is -0.366 e. The van der Waals surface area contributed by atoms with Crippen LogP contribution in [-0.4, -0.2) is 11.4 Å². The standard InChI is InChI=1S/C9H18N2O/c1-6(2)9(4,11)5-7(3)8(10)12/h5-6H,11H2,1-4H3,(H2,10,12). The predicted molar refractivity (Wildman–Crippen MR) is 50.4 cm³/mol. The fraction of sp³-hybridized carbons (Fsp3) is 0.667. The van der Waals surface area contributed by atoms with Crippen molar-refractivity contribution in [1.82, 2.24) is 0 Å². The lowest BCUT2D eigenvalue weighted by molar-refractivity contribution is -0.114. The van der Waals surface area contributed by atoms with E-state index in [1.807, 2.05) is 20.8 Å². The minimum absolute atomic E-state index is 0.284. The number of carbonyl (C=O) groups excluding carboxylic acids is 1. The topological polar surface area (TPSA) is 69.1 Å². The number of hydrogen-bond acceptors (Lipinski definition) is 2. The molecule has 0 aromatic rings. The Hall–Kier alpha value is -0.830. The molecule has 12 heavy (non-hydrogen) atoms. The number of hydrogen-bond donors (Lipinski definition) is 2. The van der Waals surface area contributed by atoms with Crippen LogP contribution in [0.15, 0.2) is 11.6 Å². The van der Waals surface area contributed by atoms with E-state index in [4.69, 9.17) is 11.5 Å². The van der Waals surface area contributed by atoms with Gasteiger partial charge >= 0.3 is 0 Å². The number of amides is 1. The van der Waals surface area contributed by atoms with E-state index in [1.165, 1.54) is 0 Å². The summed E-state index contributed by atoms with van der Waals surface area (Å²) >= 11 is 0. The molecule has 0 aliphatic rings. The second-order valence-electron chi connectivity index (χ2n) is 3.71. The molecule has 0 fully saturated rings. The Labute approximate surface area is 73.8 Å². The van der Waals surface area contributed by atoms with Gasteiger partial charge in [-0.2, -0.15) is 0 Å². The molecule has 1 atom stereocenters. The zero-order valence-electron chi connectivity index (χ0n) is 8.22. The van der Waals surface area contributed by atoms with E-state index >= 15 is 0 Å². The first kappa shape index (κ1) is 11.2. The van der Waals surface area contributed by atoms with Crippen LogP contribution in [0.3, 0.4) is 0 Å². The Morgan fingerprint density at radius 1 is 1.50 bits per heavy atom. The molecule has 1 amide bonds. The molecule has 3 nitrogen and oxygen atoms in total. The maximum absolute atomic E-state index is 10.7. The lowest BCUT2D eigenvalue weighted by atomic mass is 9.88. The molecule has 1 unspecified atom stereocenters. The van der Waals surface area contributed by atoms with Gasteiger partial charge in [-0.3, -0.25) is 4.79 Å². The molecule has 0 radical (unpaired) electrons. The monoisotopic (exact) mass is 170 g/mol. The molecule has 0 aromatic heterocycles. The zero-order valence-corrected chi connectivity index (χ0v) is 8.22. The molecule has 0 saturated carbocycles. The van der Waals surface area contributed by atoms with Crippen molar-refractivity contribution < 1.29 is 4.79 Å². The summed E-state index contributed by atoms with van der Waals surface area (Å²) in [6.45, 7) is 7.56. The zero-order chi connectivity index (χ0) is 9.94. The van der Waals surface area contributed by atoms with E-state index in [0.717, 1.165) is 0 Å². The summed E-state index contributed by atoms with van der Waals surface area (Å²) in [5, 5.41) is 0. The van der Waals surface area contributed by atoms with Crippen molar-refractivity contribution >= 4 is 5.91 Å². The Morgan fingerprint density at radius 2 is 1.92 bits per heavy atom. The smallest absolute Gasteiger partial charge is 0.244 e. The van der Waals surface area contributed by atoms with Crippen molar-refractivity contribution in [2.24, 2.45) is 17.4 Å².